The van der Waals surface area contributed by atoms with Gasteiger partial charge in [0.2, 0.25) is 0 Å². The standard InChI is InChI=1S/C15H24BrN3O/c1-11(2)19-15(20)14(16)13(10-18-19)17-9-8-12-6-4-3-5-7-12/h10-12,17H,3-9H2,1-2H3. The fourth-order valence-electron chi connectivity index (χ4n) is 2.82. The Labute approximate surface area is 129 Å². The third-order valence-corrected chi connectivity index (χ3v) is 4.79. The average molecular weight is 342 g/mol. The van der Waals surface area contributed by atoms with Crippen LogP contribution in [0.25, 0.3) is 0 Å². The van der Waals surface area contributed by atoms with Gasteiger partial charge < -0.3 is 5.32 Å². The molecule has 1 heterocycles. The third-order valence-electron chi connectivity index (χ3n) is 4.03. The highest BCUT2D eigenvalue weighted by Crippen LogP contribution is 2.26. The van der Waals surface area contributed by atoms with Gasteiger partial charge >= 0.3 is 0 Å². The van der Waals surface area contributed by atoms with Crippen LogP contribution in [-0.4, -0.2) is 16.3 Å². The lowest BCUT2D eigenvalue weighted by atomic mass is 9.87. The molecule has 1 aliphatic rings. The van der Waals surface area contributed by atoms with E-state index in [0.29, 0.717) is 4.47 Å². The Kier molecular flexibility index (Phi) is 5.64. The predicted molar refractivity (Wildman–Crippen MR) is 86.3 cm³/mol. The summed E-state index contributed by atoms with van der Waals surface area (Å²) in [5.74, 6) is 0.846. The summed E-state index contributed by atoms with van der Waals surface area (Å²) in [5, 5.41) is 7.56. The molecule has 0 unspecified atom stereocenters. The molecule has 0 spiro atoms. The Morgan fingerprint density at radius 2 is 2.10 bits per heavy atom. The summed E-state index contributed by atoms with van der Waals surface area (Å²) < 4.78 is 2.08. The molecular weight excluding hydrogens is 318 g/mol. The van der Waals surface area contributed by atoms with Crippen LogP contribution in [-0.2, 0) is 0 Å². The van der Waals surface area contributed by atoms with E-state index in [2.05, 4.69) is 26.3 Å². The fourth-order valence-corrected chi connectivity index (χ4v) is 3.25. The smallest absolute Gasteiger partial charge is 0.283 e. The molecular formula is C15H24BrN3O. The zero-order valence-electron chi connectivity index (χ0n) is 12.4. The molecule has 0 amide bonds. The molecule has 2 rings (SSSR count). The summed E-state index contributed by atoms with van der Waals surface area (Å²) in [6.07, 6.45) is 9.78. The maximum atomic E-state index is 12.1. The van der Waals surface area contributed by atoms with Gasteiger partial charge in [-0.1, -0.05) is 32.1 Å². The van der Waals surface area contributed by atoms with Crippen molar-refractivity contribution in [2.75, 3.05) is 11.9 Å². The SMILES string of the molecule is CC(C)n1ncc(NCCC2CCCCC2)c(Br)c1=O. The highest BCUT2D eigenvalue weighted by Gasteiger charge is 2.14. The van der Waals surface area contributed by atoms with E-state index in [1.54, 1.807) is 6.20 Å². The molecule has 1 fully saturated rings. The minimum Gasteiger partial charge on any atom is -0.383 e. The van der Waals surface area contributed by atoms with Gasteiger partial charge in [-0.15, -0.1) is 0 Å². The van der Waals surface area contributed by atoms with Crippen LogP contribution in [0.4, 0.5) is 5.69 Å². The third kappa shape index (κ3) is 3.84. The lowest BCUT2D eigenvalue weighted by Gasteiger charge is -2.21. The van der Waals surface area contributed by atoms with E-state index in [-0.39, 0.29) is 11.6 Å². The summed E-state index contributed by atoms with van der Waals surface area (Å²) in [5.41, 5.74) is 0.741. The number of nitrogens with zero attached hydrogens (tertiary/aromatic N) is 2. The van der Waals surface area contributed by atoms with Crippen molar-refractivity contribution in [1.82, 2.24) is 9.78 Å². The first-order valence-electron chi connectivity index (χ1n) is 7.60. The van der Waals surface area contributed by atoms with Crippen molar-refractivity contribution in [3.05, 3.63) is 21.0 Å². The van der Waals surface area contributed by atoms with Crippen LogP contribution in [0.2, 0.25) is 0 Å². The minimum atomic E-state index is -0.0670. The van der Waals surface area contributed by atoms with Crippen molar-refractivity contribution in [2.24, 2.45) is 5.92 Å². The first kappa shape index (κ1) is 15.5. The summed E-state index contributed by atoms with van der Waals surface area (Å²) in [7, 11) is 0. The van der Waals surface area contributed by atoms with E-state index in [0.717, 1.165) is 18.2 Å². The van der Waals surface area contributed by atoms with Crippen LogP contribution in [0.15, 0.2) is 15.5 Å². The number of anilines is 1. The second-order valence-corrected chi connectivity index (χ2v) is 6.73. The summed E-state index contributed by atoms with van der Waals surface area (Å²) in [6, 6.07) is 0.0788. The average Bonchev–Trinajstić information content (AvgIpc) is 2.44. The zero-order valence-corrected chi connectivity index (χ0v) is 13.9. The molecule has 20 heavy (non-hydrogen) atoms. The van der Waals surface area contributed by atoms with Crippen LogP contribution < -0.4 is 10.9 Å². The molecule has 1 aromatic rings. The van der Waals surface area contributed by atoms with E-state index in [1.165, 1.54) is 43.2 Å². The first-order valence-corrected chi connectivity index (χ1v) is 8.40. The van der Waals surface area contributed by atoms with E-state index in [1.807, 2.05) is 13.8 Å². The number of hydrogen-bond acceptors (Lipinski definition) is 3. The molecule has 112 valence electrons. The molecule has 0 atom stereocenters. The van der Waals surface area contributed by atoms with Crippen molar-refractivity contribution in [3.63, 3.8) is 0 Å². The van der Waals surface area contributed by atoms with Gasteiger partial charge in [0.25, 0.3) is 5.56 Å². The van der Waals surface area contributed by atoms with Crippen molar-refractivity contribution in [1.29, 1.82) is 0 Å². The number of aromatic nitrogens is 2. The van der Waals surface area contributed by atoms with Crippen LogP contribution in [0, 0.1) is 5.92 Å². The van der Waals surface area contributed by atoms with Crippen molar-refractivity contribution in [3.8, 4) is 0 Å². The number of halogens is 1. The zero-order chi connectivity index (χ0) is 14.5. The number of rotatable bonds is 5. The lowest BCUT2D eigenvalue weighted by molar-refractivity contribution is 0.345. The Balaban J connectivity index is 1.93. The van der Waals surface area contributed by atoms with E-state index < -0.39 is 0 Å². The topological polar surface area (TPSA) is 46.9 Å². The predicted octanol–water partition coefficient (Wildman–Crippen LogP) is 3.97. The largest absolute Gasteiger partial charge is 0.383 e. The van der Waals surface area contributed by atoms with Gasteiger partial charge in [0.1, 0.15) is 4.47 Å². The van der Waals surface area contributed by atoms with E-state index in [4.69, 9.17) is 0 Å². The highest BCUT2D eigenvalue weighted by molar-refractivity contribution is 9.10. The molecule has 0 aromatic carbocycles. The van der Waals surface area contributed by atoms with Crippen LogP contribution in [0.5, 0.6) is 0 Å². The summed E-state index contributed by atoms with van der Waals surface area (Å²) in [4.78, 5) is 12.1. The van der Waals surface area contributed by atoms with Crippen LogP contribution in [0.1, 0.15) is 58.4 Å². The monoisotopic (exact) mass is 341 g/mol. The quantitative estimate of drug-likeness (QED) is 0.881. The second kappa shape index (κ2) is 7.25. The van der Waals surface area contributed by atoms with Gasteiger partial charge in [0.05, 0.1) is 17.9 Å². The normalized spacial score (nSPS) is 16.6. The lowest BCUT2D eigenvalue weighted by Crippen LogP contribution is -2.26. The highest BCUT2D eigenvalue weighted by atomic mass is 79.9. The summed E-state index contributed by atoms with van der Waals surface area (Å²) >= 11 is 3.39. The first-order chi connectivity index (χ1) is 9.59. The maximum absolute atomic E-state index is 12.1. The molecule has 5 heteroatoms. The van der Waals surface area contributed by atoms with Gasteiger partial charge in [-0.05, 0) is 42.1 Å². The Bertz CT molecular complexity index is 492. The second-order valence-electron chi connectivity index (χ2n) is 5.94. The van der Waals surface area contributed by atoms with Crippen molar-refractivity contribution in [2.45, 2.75) is 58.4 Å². The van der Waals surface area contributed by atoms with Crippen LogP contribution >= 0.6 is 15.9 Å². The van der Waals surface area contributed by atoms with Gasteiger partial charge in [-0.3, -0.25) is 4.79 Å². The molecule has 1 aromatic heterocycles. The maximum Gasteiger partial charge on any atom is 0.283 e. The van der Waals surface area contributed by atoms with Crippen molar-refractivity contribution < 1.29 is 0 Å². The molecule has 0 radical (unpaired) electrons. The fraction of sp³-hybridized carbons (Fsp3) is 0.733. The molecule has 4 nitrogen and oxygen atoms in total. The minimum absolute atomic E-state index is 0.0670. The van der Waals surface area contributed by atoms with E-state index in [9.17, 15) is 4.79 Å². The molecule has 0 bridgehead atoms. The summed E-state index contributed by atoms with van der Waals surface area (Å²) in [6.45, 7) is 4.82. The van der Waals surface area contributed by atoms with Crippen molar-refractivity contribution >= 4 is 21.6 Å². The van der Waals surface area contributed by atoms with Gasteiger partial charge in [-0.2, -0.15) is 5.10 Å². The van der Waals surface area contributed by atoms with Gasteiger partial charge in [0, 0.05) is 6.54 Å². The van der Waals surface area contributed by atoms with Gasteiger partial charge in [-0.25, -0.2) is 4.68 Å². The number of hydrogen-bond donors (Lipinski definition) is 1. The Hall–Kier alpha value is -0.840. The Morgan fingerprint density at radius 3 is 2.75 bits per heavy atom. The molecule has 0 aliphatic heterocycles. The van der Waals surface area contributed by atoms with Gasteiger partial charge in [0.15, 0.2) is 0 Å². The Morgan fingerprint density at radius 1 is 1.40 bits per heavy atom. The number of nitrogens with one attached hydrogen (secondary N) is 1. The molecule has 1 saturated carbocycles. The molecule has 1 N–H and O–H groups in total. The molecule has 0 saturated heterocycles. The van der Waals surface area contributed by atoms with Crippen LogP contribution in [0.3, 0.4) is 0 Å². The van der Waals surface area contributed by atoms with E-state index >= 15 is 0 Å². The molecule has 1 aliphatic carbocycles.